The van der Waals surface area contributed by atoms with Crippen molar-refractivity contribution < 1.29 is 33.6 Å². The third-order valence-electron chi connectivity index (χ3n) is 3.02. The first-order valence-corrected chi connectivity index (χ1v) is 7.00. The molecule has 0 aliphatic carbocycles. The fraction of sp³-hybridized carbons (Fsp3) is 0.467. The summed E-state index contributed by atoms with van der Waals surface area (Å²) in [7, 11) is 0. The van der Waals surface area contributed by atoms with Crippen LogP contribution in [0.15, 0.2) is 24.3 Å². The van der Waals surface area contributed by atoms with E-state index in [0.29, 0.717) is 5.56 Å². The fourth-order valence-electron chi connectivity index (χ4n) is 2.04. The third-order valence-corrected chi connectivity index (χ3v) is 3.02. The highest BCUT2D eigenvalue weighted by Gasteiger charge is 2.47. The second-order valence-electron chi connectivity index (χ2n) is 4.54. The first kappa shape index (κ1) is 16.3. The predicted octanol–water partition coefficient (Wildman–Crippen LogP) is 1.30. The topological polar surface area (TPSA) is 91.3 Å². The van der Waals surface area contributed by atoms with E-state index in [-0.39, 0.29) is 19.0 Å². The molecule has 0 saturated carbocycles. The van der Waals surface area contributed by atoms with Crippen LogP contribution < -0.4 is 0 Å². The zero-order valence-corrected chi connectivity index (χ0v) is 12.4. The Morgan fingerprint density at radius 3 is 1.86 bits per heavy atom. The number of esters is 2. The summed E-state index contributed by atoms with van der Waals surface area (Å²) in [6.45, 7) is 3.64. The maximum Gasteiger partial charge on any atom is 0.338 e. The molecule has 1 aromatic rings. The molecule has 0 bridgehead atoms. The van der Waals surface area contributed by atoms with Gasteiger partial charge >= 0.3 is 11.9 Å². The molecule has 2 atom stereocenters. The Hall–Kier alpha value is -2.12. The van der Waals surface area contributed by atoms with Gasteiger partial charge in [-0.2, -0.15) is 0 Å². The lowest BCUT2D eigenvalue weighted by molar-refractivity contribution is -0.163. The van der Waals surface area contributed by atoms with E-state index in [4.69, 9.17) is 18.9 Å². The molecular weight excluding hydrogens is 292 g/mol. The predicted molar refractivity (Wildman–Crippen MR) is 73.9 cm³/mol. The van der Waals surface area contributed by atoms with Crippen molar-refractivity contribution in [1.29, 1.82) is 0 Å². The van der Waals surface area contributed by atoms with Gasteiger partial charge in [0, 0.05) is 5.56 Å². The highest BCUT2D eigenvalue weighted by Crippen LogP contribution is 2.33. The Kier molecular flexibility index (Phi) is 5.35. The second-order valence-corrected chi connectivity index (χ2v) is 4.54. The minimum Gasteiger partial charge on any atom is -0.508 e. The Balaban J connectivity index is 2.17. The van der Waals surface area contributed by atoms with E-state index in [2.05, 4.69) is 0 Å². The summed E-state index contributed by atoms with van der Waals surface area (Å²) in [5.74, 6) is -1.27. The van der Waals surface area contributed by atoms with Gasteiger partial charge in [0.05, 0.1) is 13.2 Å². The Morgan fingerprint density at radius 1 is 1.00 bits per heavy atom. The summed E-state index contributed by atoms with van der Waals surface area (Å²) in [5, 5.41) is 9.29. The lowest BCUT2D eigenvalue weighted by Crippen LogP contribution is -2.39. The van der Waals surface area contributed by atoms with Crippen molar-refractivity contribution in [3.8, 4) is 5.75 Å². The number of benzene rings is 1. The number of phenols is 1. The Bertz CT molecular complexity index is 499. The standard InChI is InChI=1S/C15H18O7/c1-3-19-13(17)11-12(14(18)20-4-2)22-15(21-11)9-5-7-10(16)8-6-9/h5-8,11-12,15-16H,3-4H2,1-2H3/t11-,12-/m1/s1. The lowest BCUT2D eigenvalue weighted by Gasteiger charge is -2.13. The van der Waals surface area contributed by atoms with Gasteiger partial charge in [0.15, 0.2) is 18.5 Å². The van der Waals surface area contributed by atoms with E-state index >= 15 is 0 Å². The Labute approximate surface area is 127 Å². The molecule has 120 valence electrons. The van der Waals surface area contributed by atoms with Crippen molar-refractivity contribution in [3.05, 3.63) is 29.8 Å². The molecule has 0 unspecified atom stereocenters. The van der Waals surface area contributed by atoms with Crippen LogP contribution in [-0.4, -0.2) is 42.5 Å². The number of aromatic hydroxyl groups is 1. The van der Waals surface area contributed by atoms with Crippen LogP contribution >= 0.6 is 0 Å². The number of hydrogen-bond donors (Lipinski definition) is 1. The molecule has 1 aromatic carbocycles. The first-order valence-electron chi connectivity index (χ1n) is 7.00. The molecule has 0 amide bonds. The molecule has 0 spiro atoms. The number of ether oxygens (including phenoxy) is 4. The molecule has 1 fully saturated rings. The number of rotatable bonds is 5. The normalized spacial score (nSPS) is 21.5. The van der Waals surface area contributed by atoms with Crippen LogP contribution in [0.25, 0.3) is 0 Å². The van der Waals surface area contributed by atoms with Gasteiger partial charge in [0.25, 0.3) is 0 Å². The summed E-state index contributed by atoms with van der Waals surface area (Å²) >= 11 is 0. The molecule has 2 rings (SSSR count). The highest BCUT2D eigenvalue weighted by molar-refractivity contribution is 5.86. The van der Waals surface area contributed by atoms with E-state index in [1.54, 1.807) is 26.0 Å². The van der Waals surface area contributed by atoms with Crippen molar-refractivity contribution in [1.82, 2.24) is 0 Å². The number of carbonyl (C=O) groups is 2. The molecule has 0 aromatic heterocycles. The van der Waals surface area contributed by atoms with Gasteiger partial charge in [-0.05, 0) is 26.0 Å². The number of hydrogen-bond acceptors (Lipinski definition) is 7. The molecule has 1 aliphatic rings. The zero-order valence-electron chi connectivity index (χ0n) is 12.4. The van der Waals surface area contributed by atoms with Gasteiger partial charge in [-0.25, -0.2) is 9.59 Å². The van der Waals surface area contributed by atoms with Gasteiger partial charge in [-0.1, -0.05) is 12.1 Å². The van der Waals surface area contributed by atoms with Crippen LogP contribution in [0, 0.1) is 0 Å². The van der Waals surface area contributed by atoms with Crippen molar-refractivity contribution in [2.45, 2.75) is 32.3 Å². The average molecular weight is 310 g/mol. The summed E-state index contributed by atoms with van der Waals surface area (Å²) in [4.78, 5) is 23.8. The highest BCUT2D eigenvalue weighted by atomic mass is 16.8. The van der Waals surface area contributed by atoms with Gasteiger partial charge < -0.3 is 24.1 Å². The van der Waals surface area contributed by atoms with Gasteiger partial charge in [0.2, 0.25) is 0 Å². The smallest absolute Gasteiger partial charge is 0.338 e. The van der Waals surface area contributed by atoms with Crippen LogP contribution in [0.4, 0.5) is 0 Å². The third kappa shape index (κ3) is 3.55. The molecule has 1 N–H and O–H groups in total. The van der Waals surface area contributed by atoms with Crippen LogP contribution in [0.3, 0.4) is 0 Å². The molecule has 1 heterocycles. The van der Waals surface area contributed by atoms with Crippen molar-refractivity contribution in [2.24, 2.45) is 0 Å². The van der Waals surface area contributed by atoms with Gasteiger partial charge in [-0.3, -0.25) is 0 Å². The van der Waals surface area contributed by atoms with Crippen LogP contribution in [-0.2, 0) is 28.5 Å². The van der Waals surface area contributed by atoms with E-state index < -0.39 is 30.4 Å². The van der Waals surface area contributed by atoms with Crippen molar-refractivity contribution in [3.63, 3.8) is 0 Å². The monoisotopic (exact) mass is 310 g/mol. The average Bonchev–Trinajstić information content (AvgIpc) is 2.94. The minimum atomic E-state index is -1.18. The lowest BCUT2D eigenvalue weighted by atomic mass is 10.2. The molecule has 0 radical (unpaired) electrons. The van der Waals surface area contributed by atoms with Crippen LogP contribution in [0.5, 0.6) is 5.75 Å². The van der Waals surface area contributed by atoms with Crippen molar-refractivity contribution >= 4 is 11.9 Å². The minimum absolute atomic E-state index is 0.0885. The maximum absolute atomic E-state index is 11.9. The second kappa shape index (κ2) is 7.24. The maximum atomic E-state index is 11.9. The van der Waals surface area contributed by atoms with E-state index in [1.807, 2.05) is 0 Å². The van der Waals surface area contributed by atoms with Crippen LogP contribution in [0.1, 0.15) is 25.7 Å². The van der Waals surface area contributed by atoms with Crippen LogP contribution in [0.2, 0.25) is 0 Å². The van der Waals surface area contributed by atoms with Gasteiger partial charge in [-0.15, -0.1) is 0 Å². The first-order chi connectivity index (χ1) is 10.6. The fourth-order valence-corrected chi connectivity index (χ4v) is 2.04. The van der Waals surface area contributed by atoms with E-state index in [1.165, 1.54) is 12.1 Å². The largest absolute Gasteiger partial charge is 0.508 e. The molecule has 1 saturated heterocycles. The summed E-state index contributed by atoms with van der Waals surface area (Å²) in [6, 6.07) is 6.07. The van der Waals surface area contributed by atoms with E-state index in [9.17, 15) is 14.7 Å². The van der Waals surface area contributed by atoms with E-state index in [0.717, 1.165) is 0 Å². The Morgan fingerprint density at radius 2 is 1.45 bits per heavy atom. The molecule has 7 heteroatoms. The number of phenolic OH excluding ortho intramolecular Hbond substituents is 1. The molecule has 7 nitrogen and oxygen atoms in total. The summed E-state index contributed by atoms with van der Waals surface area (Å²) in [5.41, 5.74) is 0.568. The molecule has 1 aliphatic heterocycles. The molecule has 22 heavy (non-hydrogen) atoms. The quantitative estimate of drug-likeness (QED) is 0.820. The number of carbonyl (C=O) groups excluding carboxylic acids is 2. The van der Waals surface area contributed by atoms with Gasteiger partial charge in [0.1, 0.15) is 5.75 Å². The SMILES string of the molecule is CCOC(=O)[C@@H]1OC(c2ccc(O)cc2)O[C@H]1C(=O)OCC. The molecular formula is C15H18O7. The van der Waals surface area contributed by atoms with Crippen molar-refractivity contribution in [2.75, 3.05) is 13.2 Å². The summed E-state index contributed by atoms with van der Waals surface area (Å²) in [6.07, 6.45) is -3.28. The zero-order chi connectivity index (χ0) is 16.1. The summed E-state index contributed by atoms with van der Waals surface area (Å²) < 4.78 is 20.8.